The number of halogens is 3. The van der Waals surface area contributed by atoms with Crippen LogP contribution in [0.4, 0.5) is 14.5 Å². The quantitative estimate of drug-likeness (QED) is 0.856. The van der Waals surface area contributed by atoms with Gasteiger partial charge in [-0.1, -0.05) is 0 Å². The molecule has 0 spiro atoms. The van der Waals surface area contributed by atoms with E-state index in [1.165, 1.54) is 18.5 Å². The highest BCUT2D eigenvalue weighted by Gasteiger charge is 2.23. The number of nitrogens with two attached hydrogens (primary N) is 1. The van der Waals surface area contributed by atoms with E-state index in [2.05, 4.69) is 25.6 Å². The second-order valence-electron chi connectivity index (χ2n) is 4.00. The molecule has 0 unspecified atom stereocenters. The van der Waals surface area contributed by atoms with Crippen molar-refractivity contribution in [1.29, 1.82) is 0 Å². The monoisotopic (exact) mass is 377 g/mol. The number of hydrogen-bond acceptors (Lipinski definition) is 4. The van der Waals surface area contributed by atoms with Crippen molar-refractivity contribution in [2.24, 2.45) is 5.73 Å². The average molecular weight is 378 g/mol. The van der Waals surface area contributed by atoms with E-state index in [1.54, 1.807) is 0 Å². The predicted octanol–water partition coefficient (Wildman–Crippen LogP) is 2.38. The fourth-order valence-corrected chi connectivity index (χ4v) is 3.29. The Kier molecular flexibility index (Phi) is 4.55. The maximum atomic E-state index is 14.1. The van der Waals surface area contributed by atoms with Crippen LogP contribution in [0, 0.1) is 11.6 Å². The number of pyridine rings is 1. The number of aromatic nitrogens is 1. The van der Waals surface area contributed by atoms with Gasteiger partial charge in [0.2, 0.25) is 0 Å². The lowest BCUT2D eigenvalue weighted by atomic mass is 10.2. The van der Waals surface area contributed by atoms with Crippen molar-refractivity contribution in [3.05, 3.63) is 52.3 Å². The molecule has 1 aromatic carbocycles. The zero-order valence-corrected chi connectivity index (χ0v) is 12.9. The van der Waals surface area contributed by atoms with Crippen molar-refractivity contribution in [3.8, 4) is 0 Å². The zero-order valence-electron chi connectivity index (χ0n) is 10.5. The van der Waals surface area contributed by atoms with Gasteiger partial charge < -0.3 is 5.73 Å². The third kappa shape index (κ3) is 3.20. The van der Waals surface area contributed by atoms with Gasteiger partial charge in [0.05, 0.1) is 10.2 Å². The molecule has 0 saturated heterocycles. The fourth-order valence-electron chi connectivity index (χ4n) is 1.63. The molecule has 0 fully saturated rings. The molecule has 2 aromatic rings. The van der Waals surface area contributed by atoms with Gasteiger partial charge in [0.1, 0.15) is 10.7 Å². The number of sulfonamides is 1. The van der Waals surface area contributed by atoms with E-state index in [9.17, 15) is 17.2 Å². The van der Waals surface area contributed by atoms with Gasteiger partial charge in [0, 0.05) is 24.5 Å². The molecule has 0 saturated carbocycles. The van der Waals surface area contributed by atoms with Crippen LogP contribution in [0.15, 0.2) is 40.0 Å². The summed E-state index contributed by atoms with van der Waals surface area (Å²) < 4.78 is 54.4. The minimum Gasteiger partial charge on any atom is -0.326 e. The molecular formula is C12H10BrF2N3O2S. The molecule has 0 aliphatic heterocycles. The number of nitrogens with zero attached hydrogens (tertiary/aromatic N) is 1. The summed E-state index contributed by atoms with van der Waals surface area (Å²) in [5.74, 6) is -2.09. The Morgan fingerprint density at radius 1 is 1.29 bits per heavy atom. The van der Waals surface area contributed by atoms with Crippen LogP contribution in [-0.4, -0.2) is 13.4 Å². The maximum absolute atomic E-state index is 14.1. The third-order valence-electron chi connectivity index (χ3n) is 2.66. The summed E-state index contributed by atoms with van der Waals surface area (Å²) in [6.07, 6.45) is 2.75. The molecule has 0 atom stereocenters. The summed E-state index contributed by atoms with van der Waals surface area (Å²) in [4.78, 5) is 3.11. The molecule has 0 aliphatic rings. The van der Waals surface area contributed by atoms with E-state index in [1.807, 2.05) is 0 Å². The van der Waals surface area contributed by atoms with E-state index < -0.39 is 38.7 Å². The van der Waals surface area contributed by atoms with Crippen molar-refractivity contribution in [2.75, 3.05) is 4.72 Å². The first-order valence-electron chi connectivity index (χ1n) is 5.66. The van der Waals surface area contributed by atoms with E-state index in [0.717, 1.165) is 12.1 Å². The molecule has 0 amide bonds. The van der Waals surface area contributed by atoms with Crippen LogP contribution >= 0.6 is 15.9 Å². The molecule has 1 aromatic heterocycles. The smallest absolute Gasteiger partial charge is 0.264 e. The second kappa shape index (κ2) is 6.04. The highest BCUT2D eigenvalue weighted by Crippen LogP contribution is 2.26. The normalized spacial score (nSPS) is 11.4. The van der Waals surface area contributed by atoms with Crippen LogP contribution in [0.3, 0.4) is 0 Å². The Hall–Kier alpha value is -1.58. The number of anilines is 1. The van der Waals surface area contributed by atoms with Crippen molar-refractivity contribution in [3.63, 3.8) is 0 Å². The molecule has 0 radical (unpaired) electrons. The maximum Gasteiger partial charge on any atom is 0.264 e. The van der Waals surface area contributed by atoms with Crippen LogP contribution in [0.1, 0.15) is 5.56 Å². The molecule has 2 rings (SSSR count). The topological polar surface area (TPSA) is 85.1 Å². The van der Waals surface area contributed by atoms with Gasteiger partial charge in [0.15, 0.2) is 5.82 Å². The zero-order chi connectivity index (χ0) is 15.6. The van der Waals surface area contributed by atoms with Gasteiger partial charge in [-0.05, 0) is 34.1 Å². The van der Waals surface area contributed by atoms with Gasteiger partial charge >= 0.3 is 0 Å². The molecule has 3 N–H and O–H groups in total. The summed E-state index contributed by atoms with van der Waals surface area (Å²) in [5.41, 5.74) is 4.93. The van der Waals surface area contributed by atoms with Crippen LogP contribution in [0.2, 0.25) is 0 Å². The summed E-state index contributed by atoms with van der Waals surface area (Å²) in [5, 5.41) is 0. The summed E-state index contributed by atoms with van der Waals surface area (Å²) in [6.45, 7) is -0.444. The van der Waals surface area contributed by atoms with Crippen molar-refractivity contribution in [2.45, 2.75) is 11.4 Å². The predicted molar refractivity (Wildman–Crippen MR) is 77.0 cm³/mol. The van der Waals surface area contributed by atoms with E-state index in [4.69, 9.17) is 5.73 Å². The highest BCUT2D eigenvalue weighted by molar-refractivity contribution is 9.10. The van der Waals surface area contributed by atoms with Gasteiger partial charge in [0.25, 0.3) is 10.0 Å². The Labute approximate surface area is 128 Å². The van der Waals surface area contributed by atoms with Crippen LogP contribution < -0.4 is 10.5 Å². The van der Waals surface area contributed by atoms with Crippen molar-refractivity contribution >= 4 is 31.6 Å². The van der Waals surface area contributed by atoms with E-state index >= 15 is 0 Å². The van der Waals surface area contributed by atoms with Crippen LogP contribution in [-0.2, 0) is 16.6 Å². The lowest BCUT2D eigenvalue weighted by molar-refractivity contribution is 0.530. The molecule has 0 bridgehead atoms. The molecule has 0 aliphatic carbocycles. The average Bonchev–Trinajstić information content (AvgIpc) is 2.41. The standard InChI is InChI=1S/C12H10BrF2N3O2S/c13-8-6-17-4-3-10(8)18-21(19,20)11-2-1-9(14)7(5-16)12(11)15/h1-4,6H,5,16H2,(H,17,18). The van der Waals surface area contributed by atoms with Crippen molar-refractivity contribution < 1.29 is 17.2 Å². The largest absolute Gasteiger partial charge is 0.326 e. The van der Waals surface area contributed by atoms with Crippen LogP contribution in [0.5, 0.6) is 0 Å². The number of rotatable bonds is 4. The van der Waals surface area contributed by atoms with Gasteiger partial charge in [-0.2, -0.15) is 0 Å². The lowest BCUT2D eigenvalue weighted by Crippen LogP contribution is -2.17. The summed E-state index contributed by atoms with van der Waals surface area (Å²) in [7, 11) is -4.22. The first-order valence-corrected chi connectivity index (χ1v) is 7.93. The molecule has 21 heavy (non-hydrogen) atoms. The molecular weight excluding hydrogens is 368 g/mol. The first kappa shape index (κ1) is 15.8. The summed E-state index contributed by atoms with van der Waals surface area (Å²) in [6, 6.07) is 3.11. The van der Waals surface area contributed by atoms with Crippen molar-refractivity contribution in [1.82, 2.24) is 4.98 Å². The number of nitrogens with one attached hydrogen (secondary N) is 1. The molecule has 112 valence electrons. The van der Waals surface area contributed by atoms with E-state index in [0.29, 0.717) is 4.47 Å². The fraction of sp³-hybridized carbons (Fsp3) is 0.0833. The minimum absolute atomic E-state index is 0.183. The van der Waals surface area contributed by atoms with Gasteiger partial charge in [-0.15, -0.1) is 0 Å². The Morgan fingerprint density at radius 2 is 2.00 bits per heavy atom. The number of benzene rings is 1. The minimum atomic E-state index is -4.22. The summed E-state index contributed by atoms with van der Waals surface area (Å²) >= 11 is 3.12. The molecule has 5 nitrogen and oxygen atoms in total. The van der Waals surface area contributed by atoms with Crippen LogP contribution in [0.25, 0.3) is 0 Å². The molecule has 9 heteroatoms. The van der Waals surface area contributed by atoms with Gasteiger partial charge in [-0.25, -0.2) is 17.2 Å². The Balaban J connectivity index is 2.48. The number of hydrogen-bond donors (Lipinski definition) is 2. The SMILES string of the molecule is NCc1c(F)ccc(S(=O)(=O)Nc2ccncc2Br)c1F. The first-order chi connectivity index (χ1) is 9.86. The highest BCUT2D eigenvalue weighted by atomic mass is 79.9. The van der Waals surface area contributed by atoms with E-state index in [-0.39, 0.29) is 5.69 Å². The van der Waals surface area contributed by atoms with Gasteiger partial charge in [-0.3, -0.25) is 9.71 Å². The third-order valence-corrected chi connectivity index (χ3v) is 4.68. The second-order valence-corrected chi connectivity index (χ2v) is 6.51. The lowest BCUT2D eigenvalue weighted by Gasteiger charge is -2.12. The Morgan fingerprint density at radius 3 is 2.62 bits per heavy atom. The Bertz CT molecular complexity index is 784. The molecule has 1 heterocycles.